The Balaban J connectivity index is 2.20. The molecular formula is C22H25F3. The third kappa shape index (κ3) is 5.48. The van der Waals surface area contributed by atoms with Gasteiger partial charge >= 0.3 is 6.18 Å². The average Bonchev–Trinajstić information content (AvgIpc) is 2.61. The Kier molecular flexibility index (Phi) is 6.86. The van der Waals surface area contributed by atoms with Gasteiger partial charge in [0.2, 0.25) is 0 Å². The standard InChI is InChI=1S/C22H25F3/c1-3-18(4-2)21(12-8-11-17-9-6-5-7-10-17)19-13-15-20(16-14-19)22(23,24)25/h5-10,12-16,18,21H,3-4,11H2,1-2H3/b12-8+. The van der Waals surface area contributed by atoms with Gasteiger partial charge in [0, 0.05) is 5.92 Å². The number of halogens is 3. The highest BCUT2D eigenvalue weighted by molar-refractivity contribution is 5.30. The van der Waals surface area contributed by atoms with Gasteiger partial charge in [-0.1, -0.05) is 81.3 Å². The predicted molar refractivity (Wildman–Crippen MR) is 97.5 cm³/mol. The van der Waals surface area contributed by atoms with Crippen LogP contribution in [0.5, 0.6) is 0 Å². The molecule has 0 fully saturated rings. The van der Waals surface area contributed by atoms with Gasteiger partial charge in [-0.05, 0) is 35.6 Å². The Morgan fingerprint density at radius 2 is 1.48 bits per heavy atom. The Morgan fingerprint density at radius 1 is 0.880 bits per heavy atom. The monoisotopic (exact) mass is 346 g/mol. The van der Waals surface area contributed by atoms with Crippen LogP contribution in [-0.4, -0.2) is 0 Å². The summed E-state index contributed by atoms with van der Waals surface area (Å²) in [5.41, 5.74) is 1.59. The first-order chi connectivity index (χ1) is 12.0. The molecule has 0 amide bonds. The number of hydrogen-bond donors (Lipinski definition) is 0. The SMILES string of the molecule is CCC(CC)C(/C=C/Cc1ccccc1)c1ccc(C(F)(F)F)cc1. The molecule has 0 aliphatic heterocycles. The summed E-state index contributed by atoms with van der Waals surface area (Å²) in [6.07, 6.45) is 2.84. The van der Waals surface area contributed by atoms with E-state index in [2.05, 4.69) is 38.1 Å². The van der Waals surface area contributed by atoms with Crippen molar-refractivity contribution >= 4 is 0 Å². The first kappa shape index (κ1) is 19.3. The zero-order valence-corrected chi connectivity index (χ0v) is 14.8. The van der Waals surface area contributed by atoms with Crippen molar-refractivity contribution in [2.75, 3.05) is 0 Å². The van der Waals surface area contributed by atoms with Crippen LogP contribution >= 0.6 is 0 Å². The summed E-state index contributed by atoms with van der Waals surface area (Å²) in [6.45, 7) is 4.27. The molecule has 0 spiro atoms. The lowest BCUT2D eigenvalue weighted by Crippen LogP contribution is -2.11. The molecule has 0 aliphatic rings. The fraction of sp³-hybridized carbons (Fsp3) is 0.364. The van der Waals surface area contributed by atoms with Crippen LogP contribution in [0.4, 0.5) is 13.2 Å². The highest BCUT2D eigenvalue weighted by Crippen LogP contribution is 2.34. The molecule has 3 heteroatoms. The number of rotatable bonds is 7. The van der Waals surface area contributed by atoms with Crippen LogP contribution in [0.25, 0.3) is 0 Å². The van der Waals surface area contributed by atoms with E-state index in [9.17, 15) is 13.2 Å². The highest BCUT2D eigenvalue weighted by atomic mass is 19.4. The number of alkyl halides is 3. The van der Waals surface area contributed by atoms with Gasteiger partial charge in [0.15, 0.2) is 0 Å². The molecular weight excluding hydrogens is 321 g/mol. The van der Waals surface area contributed by atoms with E-state index in [1.807, 2.05) is 18.2 Å². The minimum Gasteiger partial charge on any atom is -0.166 e. The molecule has 0 nitrogen and oxygen atoms in total. The van der Waals surface area contributed by atoms with Crippen molar-refractivity contribution in [3.8, 4) is 0 Å². The van der Waals surface area contributed by atoms with Crippen molar-refractivity contribution < 1.29 is 13.2 Å². The predicted octanol–water partition coefficient (Wildman–Crippen LogP) is 7.02. The van der Waals surface area contributed by atoms with E-state index < -0.39 is 11.7 Å². The molecule has 0 aromatic heterocycles. The lowest BCUT2D eigenvalue weighted by molar-refractivity contribution is -0.137. The van der Waals surface area contributed by atoms with Crippen molar-refractivity contribution in [3.63, 3.8) is 0 Å². The maximum absolute atomic E-state index is 12.8. The Bertz CT molecular complexity index is 650. The van der Waals surface area contributed by atoms with E-state index in [4.69, 9.17) is 0 Å². The highest BCUT2D eigenvalue weighted by Gasteiger charge is 2.30. The summed E-state index contributed by atoms with van der Waals surface area (Å²) in [5.74, 6) is 0.560. The first-order valence-corrected chi connectivity index (χ1v) is 8.83. The Labute approximate surface area is 148 Å². The minimum absolute atomic E-state index is 0.140. The fourth-order valence-electron chi connectivity index (χ4n) is 3.20. The zero-order chi connectivity index (χ0) is 18.3. The van der Waals surface area contributed by atoms with Gasteiger partial charge in [0.05, 0.1) is 5.56 Å². The molecule has 0 aliphatic carbocycles. The summed E-state index contributed by atoms with van der Waals surface area (Å²) in [5, 5.41) is 0. The molecule has 1 atom stereocenters. The quantitative estimate of drug-likeness (QED) is 0.472. The molecule has 2 aromatic carbocycles. The second-order valence-corrected chi connectivity index (χ2v) is 6.34. The van der Waals surface area contributed by atoms with Crippen molar-refractivity contribution in [3.05, 3.63) is 83.4 Å². The second-order valence-electron chi connectivity index (χ2n) is 6.34. The van der Waals surface area contributed by atoms with E-state index in [1.165, 1.54) is 17.7 Å². The Hall–Kier alpha value is -2.03. The van der Waals surface area contributed by atoms with Crippen molar-refractivity contribution in [1.29, 1.82) is 0 Å². The normalized spacial score (nSPS) is 13.5. The van der Waals surface area contributed by atoms with Gasteiger partial charge in [-0.25, -0.2) is 0 Å². The molecule has 2 aromatic rings. The molecule has 134 valence electrons. The maximum atomic E-state index is 12.8. The molecule has 0 heterocycles. The molecule has 0 saturated carbocycles. The van der Waals surface area contributed by atoms with Crippen LogP contribution in [0.15, 0.2) is 66.7 Å². The van der Waals surface area contributed by atoms with Crippen LogP contribution in [0.3, 0.4) is 0 Å². The largest absolute Gasteiger partial charge is 0.416 e. The molecule has 0 radical (unpaired) electrons. The lowest BCUT2D eigenvalue weighted by Gasteiger charge is -2.23. The van der Waals surface area contributed by atoms with Gasteiger partial charge in [-0.2, -0.15) is 13.2 Å². The van der Waals surface area contributed by atoms with Gasteiger partial charge in [0.1, 0.15) is 0 Å². The molecule has 0 bridgehead atoms. The third-order valence-electron chi connectivity index (χ3n) is 4.72. The molecule has 1 unspecified atom stereocenters. The van der Waals surface area contributed by atoms with Crippen LogP contribution in [0.1, 0.15) is 49.3 Å². The maximum Gasteiger partial charge on any atom is 0.416 e. The second kappa shape index (κ2) is 8.89. The van der Waals surface area contributed by atoms with E-state index in [1.54, 1.807) is 12.1 Å². The summed E-state index contributed by atoms with van der Waals surface area (Å²) < 4.78 is 38.4. The first-order valence-electron chi connectivity index (χ1n) is 8.83. The average molecular weight is 346 g/mol. The number of hydrogen-bond acceptors (Lipinski definition) is 0. The van der Waals surface area contributed by atoms with Crippen molar-refractivity contribution in [2.45, 2.75) is 45.2 Å². The smallest absolute Gasteiger partial charge is 0.166 e. The fourth-order valence-corrected chi connectivity index (χ4v) is 3.20. The lowest BCUT2D eigenvalue weighted by atomic mass is 9.82. The molecule has 0 saturated heterocycles. The minimum atomic E-state index is -4.29. The van der Waals surface area contributed by atoms with E-state index in [-0.39, 0.29) is 5.92 Å². The third-order valence-corrected chi connectivity index (χ3v) is 4.72. The van der Waals surface area contributed by atoms with Crippen LogP contribution in [-0.2, 0) is 12.6 Å². The van der Waals surface area contributed by atoms with Gasteiger partial charge in [-0.15, -0.1) is 0 Å². The van der Waals surface area contributed by atoms with Gasteiger partial charge < -0.3 is 0 Å². The van der Waals surface area contributed by atoms with Crippen LogP contribution < -0.4 is 0 Å². The van der Waals surface area contributed by atoms with E-state index >= 15 is 0 Å². The van der Waals surface area contributed by atoms with Crippen LogP contribution in [0.2, 0.25) is 0 Å². The summed E-state index contributed by atoms with van der Waals surface area (Å²) >= 11 is 0. The Morgan fingerprint density at radius 3 is 2.00 bits per heavy atom. The van der Waals surface area contributed by atoms with Gasteiger partial charge in [-0.3, -0.25) is 0 Å². The summed E-state index contributed by atoms with van der Waals surface area (Å²) in [7, 11) is 0. The number of benzene rings is 2. The summed E-state index contributed by atoms with van der Waals surface area (Å²) in [6, 6.07) is 15.8. The van der Waals surface area contributed by atoms with E-state index in [0.717, 1.165) is 24.8 Å². The van der Waals surface area contributed by atoms with E-state index in [0.29, 0.717) is 5.92 Å². The van der Waals surface area contributed by atoms with Crippen LogP contribution in [0, 0.1) is 5.92 Å². The number of allylic oxidation sites excluding steroid dienone is 2. The summed E-state index contributed by atoms with van der Waals surface area (Å²) in [4.78, 5) is 0. The molecule has 2 rings (SSSR count). The zero-order valence-electron chi connectivity index (χ0n) is 14.8. The van der Waals surface area contributed by atoms with Gasteiger partial charge in [0.25, 0.3) is 0 Å². The molecule has 0 N–H and O–H groups in total. The topological polar surface area (TPSA) is 0 Å². The molecule has 25 heavy (non-hydrogen) atoms. The van der Waals surface area contributed by atoms with Crippen molar-refractivity contribution in [1.82, 2.24) is 0 Å². The van der Waals surface area contributed by atoms with Crippen molar-refractivity contribution in [2.24, 2.45) is 5.92 Å².